The van der Waals surface area contributed by atoms with Gasteiger partial charge in [-0.25, -0.2) is 17.5 Å². The molecule has 0 unspecified atom stereocenters. The zero-order valence-corrected chi connectivity index (χ0v) is 11.4. The number of hydrogen-bond acceptors (Lipinski definition) is 6. The predicted molar refractivity (Wildman–Crippen MR) is 65.7 cm³/mol. The quantitative estimate of drug-likeness (QED) is 0.845. The standard InChI is InChI=1S/C10H9ClFN3O4S/c11-10-6(4-16)1-7(2-8(10)12)20(17,18)14-3-9-13-5-19-15-9/h1-2,5,14,16H,3-4H2. The van der Waals surface area contributed by atoms with E-state index >= 15 is 0 Å². The van der Waals surface area contributed by atoms with E-state index in [2.05, 4.69) is 19.4 Å². The number of aliphatic hydroxyl groups is 1. The second kappa shape index (κ2) is 5.83. The van der Waals surface area contributed by atoms with Gasteiger partial charge < -0.3 is 9.63 Å². The lowest BCUT2D eigenvalue weighted by atomic mass is 10.2. The van der Waals surface area contributed by atoms with Crippen LogP contribution in [0, 0.1) is 5.82 Å². The van der Waals surface area contributed by atoms with Gasteiger partial charge in [0, 0.05) is 5.56 Å². The van der Waals surface area contributed by atoms with E-state index in [1.165, 1.54) is 0 Å². The second-order valence-electron chi connectivity index (χ2n) is 3.71. The number of nitrogens with zero attached hydrogens (tertiary/aromatic N) is 2. The maximum absolute atomic E-state index is 13.5. The van der Waals surface area contributed by atoms with Crippen LogP contribution in [0.25, 0.3) is 0 Å². The van der Waals surface area contributed by atoms with Gasteiger partial charge in [-0.3, -0.25) is 0 Å². The maximum Gasteiger partial charge on any atom is 0.241 e. The first-order valence-electron chi connectivity index (χ1n) is 5.27. The third-order valence-electron chi connectivity index (χ3n) is 2.38. The fourth-order valence-corrected chi connectivity index (χ4v) is 2.61. The summed E-state index contributed by atoms with van der Waals surface area (Å²) in [7, 11) is -3.99. The van der Waals surface area contributed by atoms with Crippen molar-refractivity contribution in [3.8, 4) is 0 Å². The molecule has 20 heavy (non-hydrogen) atoms. The minimum absolute atomic E-state index is 0.0217. The molecule has 2 aromatic rings. The van der Waals surface area contributed by atoms with Crippen molar-refractivity contribution in [2.75, 3.05) is 0 Å². The van der Waals surface area contributed by atoms with E-state index in [1.54, 1.807) is 0 Å². The van der Waals surface area contributed by atoms with Gasteiger partial charge in [-0.2, -0.15) is 4.98 Å². The van der Waals surface area contributed by atoms with Crippen molar-refractivity contribution in [3.63, 3.8) is 0 Å². The molecule has 0 aliphatic heterocycles. The zero-order chi connectivity index (χ0) is 14.8. The van der Waals surface area contributed by atoms with Gasteiger partial charge in [0.15, 0.2) is 5.82 Å². The van der Waals surface area contributed by atoms with Crippen LogP contribution in [-0.2, 0) is 23.2 Å². The van der Waals surface area contributed by atoms with Gasteiger partial charge in [-0.1, -0.05) is 16.8 Å². The first-order chi connectivity index (χ1) is 9.44. The molecule has 1 aromatic heterocycles. The fraction of sp³-hybridized carbons (Fsp3) is 0.200. The Labute approximate surface area is 118 Å². The average molecular weight is 322 g/mol. The van der Waals surface area contributed by atoms with Gasteiger partial charge in [0.1, 0.15) is 5.82 Å². The van der Waals surface area contributed by atoms with Crippen LogP contribution in [0.15, 0.2) is 27.9 Å². The Morgan fingerprint density at radius 1 is 1.45 bits per heavy atom. The summed E-state index contributed by atoms with van der Waals surface area (Å²) in [6.07, 6.45) is 1.05. The Balaban J connectivity index is 2.27. The monoisotopic (exact) mass is 321 g/mol. The number of hydrogen-bond donors (Lipinski definition) is 2. The largest absolute Gasteiger partial charge is 0.392 e. The highest BCUT2D eigenvalue weighted by molar-refractivity contribution is 7.89. The number of rotatable bonds is 5. The first-order valence-corrected chi connectivity index (χ1v) is 7.14. The van der Waals surface area contributed by atoms with E-state index in [0.717, 1.165) is 18.5 Å². The van der Waals surface area contributed by atoms with E-state index in [-0.39, 0.29) is 27.9 Å². The van der Waals surface area contributed by atoms with Crippen LogP contribution in [-0.4, -0.2) is 23.7 Å². The fourth-order valence-electron chi connectivity index (χ4n) is 1.40. The maximum atomic E-state index is 13.5. The molecule has 0 fully saturated rings. The molecule has 0 radical (unpaired) electrons. The number of nitrogens with one attached hydrogen (secondary N) is 1. The van der Waals surface area contributed by atoms with Crippen LogP contribution in [0.4, 0.5) is 4.39 Å². The van der Waals surface area contributed by atoms with Crippen molar-refractivity contribution in [2.24, 2.45) is 0 Å². The summed E-state index contributed by atoms with van der Waals surface area (Å²) in [5.74, 6) is -0.802. The number of halogens is 2. The summed E-state index contributed by atoms with van der Waals surface area (Å²) < 4.78 is 44.1. The molecule has 0 saturated heterocycles. The van der Waals surface area contributed by atoms with Gasteiger partial charge in [-0.05, 0) is 12.1 Å². The zero-order valence-electron chi connectivity index (χ0n) is 9.88. The number of sulfonamides is 1. The second-order valence-corrected chi connectivity index (χ2v) is 5.85. The van der Waals surface area contributed by atoms with Gasteiger partial charge in [0.05, 0.1) is 23.1 Å². The highest BCUT2D eigenvalue weighted by Crippen LogP contribution is 2.24. The summed E-state index contributed by atoms with van der Waals surface area (Å²) in [4.78, 5) is 3.28. The molecule has 10 heteroatoms. The lowest BCUT2D eigenvalue weighted by Crippen LogP contribution is -2.24. The van der Waals surface area contributed by atoms with Crippen molar-refractivity contribution < 1.29 is 22.4 Å². The molecule has 0 saturated carbocycles. The Morgan fingerprint density at radius 3 is 2.80 bits per heavy atom. The van der Waals surface area contributed by atoms with Gasteiger partial charge in [0.2, 0.25) is 16.4 Å². The molecule has 0 atom stereocenters. The topological polar surface area (TPSA) is 105 Å². The highest BCUT2D eigenvalue weighted by atomic mass is 35.5. The molecule has 0 amide bonds. The van der Waals surface area contributed by atoms with E-state index in [0.29, 0.717) is 0 Å². The SMILES string of the molecule is O=S(=O)(NCc1ncon1)c1cc(F)c(Cl)c(CO)c1. The molecule has 0 aliphatic carbocycles. The first kappa shape index (κ1) is 14.9. The minimum atomic E-state index is -3.99. The molecular formula is C10H9ClFN3O4S. The average Bonchev–Trinajstić information content (AvgIpc) is 2.92. The van der Waals surface area contributed by atoms with Crippen molar-refractivity contribution in [3.05, 3.63) is 40.8 Å². The van der Waals surface area contributed by atoms with Crippen LogP contribution in [0.5, 0.6) is 0 Å². The Bertz CT molecular complexity index is 706. The van der Waals surface area contributed by atoms with E-state index in [1.807, 2.05) is 0 Å². The van der Waals surface area contributed by atoms with Gasteiger partial charge >= 0.3 is 0 Å². The van der Waals surface area contributed by atoms with Crippen molar-refractivity contribution in [2.45, 2.75) is 18.0 Å². The van der Waals surface area contributed by atoms with Crippen molar-refractivity contribution in [1.29, 1.82) is 0 Å². The molecule has 0 aliphatic rings. The lowest BCUT2D eigenvalue weighted by Gasteiger charge is -2.08. The molecule has 7 nitrogen and oxygen atoms in total. The van der Waals surface area contributed by atoms with Crippen molar-refractivity contribution >= 4 is 21.6 Å². The molecule has 1 aromatic carbocycles. The third-order valence-corrected chi connectivity index (χ3v) is 4.19. The van der Waals surface area contributed by atoms with Crippen molar-refractivity contribution in [1.82, 2.24) is 14.9 Å². The van der Waals surface area contributed by atoms with Crippen LogP contribution in [0.1, 0.15) is 11.4 Å². The normalized spacial score (nSPS) is 11.8. The highest BCUT2D eigenvalue weighted by Gasteiger charge is 2.19. The number of benzene rings is 1. The molecule has 1 heterocycles. The molecule has 108 valence electrons. The van der Waals surface area contributed by atoms with Gasteiger partial charge in [-0.15, -0.1) is 0 Å². The summed E-state index contributed by atoms with van der Waals surface area (Å²) >= 11 is 5.59. The summed E-state index contributed by atoms with van der Waals surface area (Å²) in [5.41, 5.74) is -0.0217. The Hall–Kier alpha value is -1.55. The summed E-state index contributed by atoms with van der Waals surface area (Å²) in [5, 5.41) is 12.1. The third kappa shape index (κ3) is 3.12. The smallest absolute Gasteiger partial charge is 0.241 e. The summed E-state index contributed by atoms with van der Waals surface area (Å²) in [6, 6.07) is 1.85. The molecule has 0 bridgehead atoms. The van der Waals surface area contributed by atoms with Crippen LogP contribution >= 0.6 is 11.6 Å². The molecule has 2 N–H and O–H groups in total. The molecular weight excluding hydrogens is 313 g/mol. The van der Waals surface area contributed by atoms with Crippen LogP contribution in [0.2, 0.25) is 5.02 Å². The molecule has 2 rings (SSSR count). The number of aromatic nitrogens is 2. The number of aliphatic hydroxyl groups excluding tert-OH is 1. The van der Waals surface area contributed by atoms with E-state index < -0.39 is 22.4 Å². The van der Waals surface area contributed by atoms with E-state index in [9.17, 15) is 12.8 Å². The van der Waals surface area contributed by atoms with Gasteiger partial charge in [0.25, 0.3) is 0 Å². The Kier molecular flexibility index (Phi) is 4.33. The van der Waals surface area contributed by atoms with Crippen LogP contribution in [0.3, 0.4) is 0 Å². The lowest BCUT2D eigenvalue weighted by molar-refractivity contribution is 0.281. The minimum Gasteiger partial charge on any atom is -0.392 e. The predicted octanol–water partition coefficient (Wildman–Crippen LogP) is 0.833. The Morgan fingerprint density at radius 2 is 2.20 bits per heavy atom. The van der Waals surface area contributed by atoms with Crippen LogP contribution < -0.4 is 4.72 Å². The van der Waals surface area contributed by atoms with E-state index in [4.69, 9.17) is 16.7 Å². The molecule has 0 spiro atoms. The summed E-state index contributed by atoms with van der Waals surface area (Å²) in [6.45, 7) is -0.790.